The molecular formula is C15H19ClN4O2. The average molecular weight is 323 g/mol. The molecule has 1 aromatic heterocycles. The van der Waals surface area contributed by atoms with E-state index in [0.717, 1.165) is 13.1 Å². The maximum absolute atomic E-state index is 12.2. The minimum absolute atomic E-state index is 0. The molecule has 2 N–H and O–H groups in total. The van der Waals surface area contributed by atoms with Gasteiger partial charge >= 0.3 is 0 Å². The van der Waals surface area contributed by atoms with Crippen LogP contribution in [-0.2, 0) is 24.4 Å². The molecule has 1 aromatic carbocycles. The standard InChI is InChI=1S/C15H18N4O2.ClH/c1-21-5-4-19-10-14(9-17-19)18-15(20)11-2-3-12-7-16-8-13(12)6-11;/h2-3,6,9-10,16H,4-5,7-8H2,1H3,(H,18,20);1H. The molecule has 1 amide bonds. The van der Waals surface area contributed by atoms with E-state index in [1.54, 1.807) is 24.2 Å². The molecule has 0 atom stereocenters. The average Bonchev–Trinajstić information content (AvgIpc) is 3.12. The highest BCUT2D eigenvalue weighted by Crippen LogP contribution is 2.18. The van der Waals surface area contributed by atoms with Crippen LogP contribution in [0.4, 0.5) is 5.69 Å². The van der Waals surface area contributed by atoms with E-state index < -0.39 is 0 Å². The van der Waals surface area contributed by atoms with Gasteiger partial charge in [-0.15, -0.1) is 12.4 Å². The van der Waals surface area contributed by atoms with Crippen LogP contribution in [0.5, 0.6) is 0 Å². The normalized spacial score (nSPS) is 12.6. The Morgan fingerprint density at radius 2 is 2.23 bits per heavy atom. The molecule has 1 aliphatic heterocycles. The van der Waals surface area contributed by atoms with Gasteiger partial charge in [0.2, 0.25) is 0 Å². The summed E-state index contributed by atoms with van der Waals surface area (Å²) in [4.78, 5) is 12.2. The second kappa shape index (κ2) is 7.40. The maximum atomic E-state index is 12.2. The summed E-state index contributed by atoms with van der Waals surface area (Å²) in [6.07, 6.45) is 3.44. The summed E-state index contributed by atoms with van der Waals surface area (Å²) in [6, 6.07) is 5.81. The fraction of sp³-hybridized carbons (Fsp3) is 0.333. The minimum atomic E-state index is -0.115. The molecule has 0 unspecified atom stereocenters. The zero-order valence-corrected chi connectivity index (χ0v) is 13.2. The summed E-state index contributed by atoms with van der Waals surface area (Å²) in [7, 11) is 1.65. The molecule has 6 nitrogen and oxygen atoms in total. The molecule has 0 aliphatic carbocycles. The molecule has 0 fully saturated rings. The first-order valence-electron chi connectivity index (χ1n) is 6.91. The van der Waals surface area contributed by atoms with Crippen molar-refractivity contribution < 1.29 is 9.53 Å². The number of aromatic nitrogens is 2. The second-order valence-electron chi connectivity index (χ2n) is 5.03. The first kappa shape index (κ1) is 16.5. The molecule has 0 bridgehead atoms. The third-order valence-electron chi connectivity index (χ3n) is 3.51. The first-order chi connectivity index (χ1) is 10.3. The Bertz CT molecular complexity index is 657. The summed E-state index contributed by atoms with van der Waals surface area (Å²) >= 11 is 0. The minimum Gasteiger partial charge on any atom is -0.383 e. The lowest BCUT2D eigenvalue weighted by molar-refractivity contribution is 0.102. The summed E-state index contributed by atoms with van der Waals surface area (Å²) in [5, 5.41) is 10.3. The number of anilines is 1. The van der Waals surface area contributed by atoms with Crippen LogP contribution in [0.15, 0.2) is 30.6 Å². The predicted octanol–water partition coefficient (Wildman–Crippen LogP) is 1.81. The van der Waals surface area contributed by atoms with E-state index in [4.69, 9.17) is 4.74 Å². The molecule has 22 heavy (non-hydrogen) atoms. The lowest BCUT2D eigenvalue weighted by atomic mass is 10.1. The van der Waals surface area contributed by atoms with Gasteiger partial charge in [0.1, 0.15) is 0 Å². The molecule has 2 heterocycles. The van der Waals surface area contributed by atoms with Crippen molar-refractivity contribution in [3.05, 3.63) is 47.3 Å². The van der Waals surface area contributed by atoms with E-state index in [0.29, 0.717) is 24.4 Å². The van der Waals surface area contributed by atoms with E-state index in [1.165, 1.54) is 11.1 Å². The summed E-state index contributed by atoms with van der Waals surface area (Å²) in [5.74, 6) is -0.115. The van der Waals surface area contributed by atoms with Gasteiger partial charge in [-0.1, -0.05) is 6.07 Å². The smallest absolute Gasteiger partial charge is 0.255 e. The number of ether oxygens (including phenoxy) is 1. The Kier molecular flexibility index (Phi) is 5.54. The Balaban J connectivity index is 0.00000176. The number of carbonyl (C=O) groups excluding carboxylic acids is 1. The van der Waals surface area contributed by atoms with Crippen LogP contribution in [-0.4, -0.2) is 29.4 Å². The van der Waals surface area contributed by atoms with E-state index in [9.17, 15) is 4.79 Å². The van der Waals surface area contributed by atoms with Gasteiger partial charge in [0, 0.05) is 32.0 Å². The van der Waals surface area contributed by atoms with E-state index in [2.05, 4.69) is 15.7 Å². The van der Waals surface area contributed by atoms with Crippen molar-refractivity contribution in [2.24, 2.45) is 0 Å². The number of benzene rings is 1. The van der Waals surface area contributed by atoms with Crippen molar-refractivity contribution in [2.45, 2.75) is 19.6 Å². The third kappa shape index (κ3) is 3.65. The monoisotopic (exact) mass is 322 g/mol. The molecule has 2 aromatic rings. The van der Waals surface area contributed by atoms with Crippen molar-refractivity contribution in [1.82, 2.24) is 15.1 Å². The van der Waals surface area contributed by atoms with Gasteiger partial charge in [0.05, 0.1) is 25.0 Å². The lowest BCUT2D eigenvalue weighted by Gasteiger charge is -2.05. The van der Waals surface area contributed by atoms with Gasteiger partial charge in [0.25, 0.3) is 5.91 Å². The second-order valence-corrected chi connectivity index (χ2v) is 5.03. The molecule has 0 saturated carbocycles. The fourth-order valence-electron chi connectivity index (χ4n) is 2.37. The van der Waals surface area contributed by atoms with Crippen LogP contribution < -0.4 is 10.6 Å². The largest absolute Gasteiger partial charge is 0.383 e. The summed E-state index contributed by atoms with van der Waals surface area (Å²) < 4.78 is 6.74. The van der Waals surface area contributed by atoms with Crippen molar-refractivity contribution in [3.63, 3.8) is 0 Å². The van der Waals surface area contributed by atoms with Crippen molar-refractivity contribution in [3.8, 4) is 0 Å². The molecule has 3 rings (SSSR count). The van der Waals surface area contributed by atoms with Crippen LogP contribution in [0.3, 0.4) is 0 Å². The van der Waals surface area contributed by atoms with Gasteiger partial charge in [-0.25, -0.2) is 0 Å². The summed E-state index contributed by atoms with van der Waals surface area (Å²) in [5.41, 5.74) is 3.81. The quantitative estimate of drug-likeness (QED) is 0.881. The number of nitrogens with one attached hydrogen (secondary N) is 2. The molecule has 0 radical (unpaired) electrons. The SMILES string of the molecule is COCCn1cc(NC(=O)c2ccc3c(c2)CNC3)cn1.Cl. The molecule has 0 saturated heterocycles. The van der Waals surface area contributed by atoms with Gasteiger partial charge in [-0.05, 0) is 23.3 Å². The number of carbonyl (C=O) groups is 1. The Hall–Kier alpha value is -1.89. The number of nitrogens with zero attached hydrogens (tertiary/aromatic N) is 2. The predicted molar refractivity (Wildman–Crippen MR) is 86.3 cm³/mol. The van der Waals surface area contributed by atoms with Gasteiger partial charge < -0.3 is 15.4 Å². The number of amides is 1. The highest BCUT2D eigenvalue weighted by atomic mass is 35.5. The highest BCUT2D eigenvalue weighted by molar-refractivity contribution is 6.04. The number of hydrogen-bond acceptors (Lipinski definition) is 4. The van der Waals surface area contributed by atoms with Gasteiger partial charge in [0.15, 0.2) is 0 Å². The topological polar surface area (TPSA) is 68.2 Å². The number of fused-ring (bicyclic) bond motifs is 1. The van der Waals surface area contributed by atoms with E-state index in [1.807, 2.05) is 18.2 Å². The van der Waals surface area contributed by atoms with Gasteiger partial charge in [-0.2, -0.15) is 5.10 Å². The number of rotatable bonds is 5. The van der Waals surface area contributed by atoms with Gasteiger partial charge in [-0.3, -0.25) is 9.48 Å². The molecule has 0 spiro atoms. The van der Waals surface area contributed by atoms with Crippen LogP contribution in [0.2, 0.25) is 0 Å². The van der Waals surface area contributed by atoms with Crippen LogP contribution in [0.1, 0.15) is 21.5 Å². The highest BCUT2D eigenvalue weighted by Gasteiger charge is 2.14. The van der Waals surface area contributed by atoms with E-state index >= 15 is 0 Å². The number of methoxy groups -OCH3 is 1. The fourth-order valence-corrected chi connectivity index (χ4v) is 2.37. The zero-order chi connectivity index (χ0) is 14.7. The van der Waals surface area contributed by atoms with Crippen LogP contribution in [0.25, 0.3) is 0 Å². The number of halogens is 1. The molecule has 118 valence electrons. The summed E-state index contributed by atoms with van der Waals surface area (Å²) in [6.45, 7) is 2.96. The molecule has 7 heteroatoms. The van der Waals surface area contributed by atoms with Crippen molar-refractivity contribution in [1.29, 1.82) is 0 Å². The number of hydrogen-bond donors (Lipinski definition) is 2. The first-order valence-corrected chi connectivity index (χ1v) is 6.91. The molecular weight excluding hydrogens is 304 g/mol. The van der Waals surface area contributed by atoms with Crippen molar-refractivity contribution in [2.75, 3.05) is 19.0 Å². The van der Waals surface area contributed by atoms with Crippen molar-refractivity contribution >= 4 is 24.0 Å². The lowest BCUT2D eigenvalue weighted by Crippen LogP contribution is -2.12. The molecule has 1 aliphatic rings. The van der Waals surface area contributed by atoms with E-state index in [-0.39, 0.29) is 18.3 Å². The Morgan fingerprint density at radius 3 is 3.05 bits per heavy atom. The third-order valence-corrected chi connectivity index (χ3v) is 3.51. The Morgan fingerprint density at radius 1 is 1.41 bits per heavy atom. The maximum Gasteiger partial charge on any atom is 0.255 e. The zero-order valence-electron chi connectivity index (χ0n) is 12.3. The Labute approximate surface area is 135 Å². The van der Waals surface area contributed by atoms with Crippen LogP contribution >= 0.6 is 12.4 Å². The van der Waals surface area contributed by atoms with Crippen LogP contribution in [0, 0.1) is 0 Å².